The quantitative estimate of drug-likeness (QED) is 0.479. The Labute approximate surface area is 155 Å². The Morgan fingerprint density at radius 1 is 1.28 bits per heavy atom. The molecule has 0 unspecified atom stereocenters. The highest BCUT2D eigenvalue weighted by Gasteiger charge is 2.08. The van der Waals surface area contributed by atoms with Crippen LogP contribution in [0.2, 0.25) is 5.02 Å². The monoisotopic (exact) mass is 370 g/mol. The van der Waals surface area contributed by atoms with E-state index in [0.29, 0.717) is 28.7 Å². The molecule has 0 bridgehead atoms. The van der Waals surface area contributed by atoms with Gasteiger partial charge in [0, 0.05) is 10.8 Å². The van der Waals surface area contributed by atoms with Crippen molar-refractivity contribution < 1.29 is 4.74 Å². The summed E-state index contributed by atoms with van der Waals surface area (Å²) in [4.78, 5) is 0. The van der Waals surface area contributed by atoms with Gasteiger partial charge >= 0.3 is 0 Å². The number of aromatic nitrogens is 3. The molecule has 126 valence electrons. The summed E-state index contributed by atoms with van der Waals surface area (Å²) in [7, 11) is 0. The van der Waals surface area contributed by atoms with Crippen molar-refractivity contribution in [2.24, 2.45) is 0 Å². The lowest BCUT2D eigenvalue weighted by molar-refractivity contribution is 0.344. The molecule has 0 saturated heterocycles. The third-order valence-corrected chi connectivity index (χ3v) is 4.81. The molecule has 2 aromatic carbocycles. The van der Waals surface area contributed by atoms with Crippen molar-refractivity contribution >= 4 is 23.4 Å². The average molecular weight is 371 g/mol. The van der Waals surface area contributed by atoms with E-state index in [9.17, 15) is 0 Å². The highest BCUT2D eigenvalue weighted by molar-refractivity contribution is 7.99. The molecule has 5 nitrogen and oxygen atoms in total. The van der Waals surface area contributed by atoms with Crippen LogP contribution in [0.15, 0.2) is 53.9 Å². The molecule has 0 atom stereocenters. The highest BCUT2D eigenvalue weighted by Crippen LogP contribution is 2.24. The Hall–Kier alpha value is -2.49. The van der Waals surface area contributed by atoms with Crippen LogP contribution in [0.25, 0.3) is 5.69 Å². The zero-order valence-electron chi connectivity index (χ0n) is 13.5. The molecule has 0 aliphatic rings. The van der Waals surface area contributed by atoms with Crippen LogP contribution in [0.5, 0.6) is 5.75 Å². The fraction of sp³-hybridized carbons (Fsp3) is 0.167. The number of hydrogen-bond acceptors (Lipinski definition) is 5. The standard InChI is InChI=1S/C18H15ClN4OS/c1-13-5-6-15(10-17(13)19)23-12-21-22-18(23)25-8-7-24-16-4-2-3-14(9-16)11-20/h2-6,9-10,12H,7-8H2,1H3. The van der Waals surface area contributed by atoms with E-state index in [2.05, 4.69) is 16.3 Å². The molecule has 0 spiro atoms. The first kappa shape index (κ1) is 17.3. The number of nitrogens with zero attached hydrogens (tertiary/aromatic N) is 4. The first-order chi connectivity index (χ1) is 12.2. The second kappa shape index (κ2) is 8.06. The van der Waals surface area contributed by atoms with Gasteiger partial charge in [0.25, 0.3) is 0 Å². The Kier molecular flexibility index (Phi) is 5.59. The molecular weight excluding hydrogens is 356 g/mol. The van der Waals surface area contributed by atoms with Gasteiger partial charge in [-0.3, -0.25) is 4.57 Å². The van der Waals surface area contributed by atoms with E-state index in [4.69, 9.17) is 21.6 Å². The topological polar surface area (TPSA) is 63.7 Å². The zero-order valence-corrected chi connectivity index (χ0v) is 15.1. The lowest BCUT2D eigenvalue weighted by Crippen LogP contribution is -2.02. The summed E-state index contributed by atoms with van der Waals surface area (Å²) in [5.74, 6) is 1.39. The number of aryl methyl sites for hydroxylation is 1. The molecule has 0 saturated carbocycles. The van der Waals surface area contributed by atoms with Gasteiger partial charge in [0.05, 0.1) is 23.9 Å². The van der Waals surface area contributed by atoms with Crippen LogP contribution in [0.4, 0.5) is 0 Å². The summed E-state index contributed by atoms with van der Waals surface area (Å²) in [6.45, 7) is 2.47. The summed E-state index contributed by atoms with van der Waals surface area (Å²) in [5, 5.41) is 18.5. The van der Waals surface area contributed by atoms with Crippen LogP contribution >= 0.6 is 23.4 Å². The predicted molar refractivity (Wildman–Crippen MR) is 98.5 cm³/mol. The average Bonchev–Trinajstić information content (AvgIpc) is 3.10. The van der Waals surface area contributed by atoms with Crippen LogP contribution in [-0.2, 0) is 0 Å². The molecule has 25 heavy (non-hydrogen) atoms. The van der Waals surface area contributed by atoms with Crippen molar-refractivity contribution in [2.75, 3.05) is 12.4 Å². The second-order valence-electron chi connectivity index (χ2n) is 5.25. The number of rotatable bonds is 6. The van der Waals surface area contributed by atoms with Crippen LogP contribution in [-0.4, -0.2) is 27.1 Å². The maximum atomic E-state index is 8.90. The molecule has 0 N–H and O–H groups in total. The van der Waals surface area contributed by atoms with Crippen molar-refractivity contribution in [1.82, 2.24) is 14.8 Å². The summed E-state index contributed by atoms with van der Waals surface area (Å²) in [5.41, 5.74) is 2.53. The minimum Gasteiger partial charge on any atom is -0.493 e. The normalized spacial score (nSPS) is 10.4. The second-order valence-corrected chi connectivity index (χ2v) is 6.72. The lowest BCUT2D eigenvalue weighted by atomic mass is 10.2. The van der Waals surface area contributed by atoms with Crippen LogP contribution in [0, 0.1) is 18.3 Å². The van der Waals surface area contributed by atoms with Gasteiger partial charge in [-0.05, 0) is 42.8 Å². The van der Waals surface area contributed by atoms with Gasteiger partial charge < -0.3 is 4.74 Å². The van der Waals surface area contributed by atoms with E-state index in [1.165, 1.54) is 0 Å². The molecule has 1 heterocycles. The molecule has 7 heteroatoms. The number of thioether (sulfide) groups is 1. The van der Waals surface area contributed by atoms with Crippen molar-refractivity contribution in [1.29, 1.82) is 5.26 Å². The maximum absolute atomic E-state index is 8.90. The zero-order chi connectivity index (χ0) is 17.6. The van der Waals surface area contributed by atoms with Crippen LogP contribution < -0.4 is 4.74 Å². The van der Waals surface area contributed by atoms with Gasteiger partial charge in [0.2, 0.25) is 0 Å². The third-order valence-electron chi connectivity index (χ3n) is 3.50. The Morgan fingerprint density at radius 2 is 2.16 bits per heavy atom. The van der Waals surface area contributed by atoms with Gasteiger partial charge in [-0.2, -0.15) is 5.26 Å². The molecule has 0 aliphatic carbocycles. The number of ether oxygens (including phenoxy) is 1. The van der Waals surface area contributed by atoms with Crippen LogP contribution in [0.1, 0.15) is 11.1 Å². The summed E-state index contributed by atoms with van der Waals surface area (Å²) >= 11 is 7.74. The van der Waals surface area contributed by atoms with Gasteiger partial charge in [0.15, 0.2) is 5.16 Å². The summed E-state index contributed by atoms with van der Waals surface area (Å²) in [6, 6.07) is 15.1. The van der Waals surface area contributed by atoms with Crippen molar-refractivity contribution in [3.63, 3.8) is 0 Å². The minimum atomic E-state index is 0.501. The fourth-order valence-corrected chi connectivity index (χ4v) is 3.10. The lowest BCUT2D eigenvalue weighted by Gasteiger charge is -2.09. The Bertz CT molecular complexity index is 919. The minimum absolute atomic E-state index is 0.501. The Balaban J connectivity index is 1.60. The first-order valence-electron chi connectivity index (χ1n) is 7.59. The van der Waals surface area contributed by atoms with Gasteiger partial charge in [-0.1, -0.05) is 35.5 Å². The molecule has 0 aliphatic heterocycles. The van der Waals surface area contributed by atoms with Gasteiger partial charge in [-0.25, -0.2) is 0 Å². The first-order valence-corrected chi connectivity index (χ1v) is 8.96. The van der Waals surface area contributed by atoms with E-state index in [1.54, 1.807) is 36.3 Å². The Morgan fingerprint density at radius 3 is 2.96 bits per heavy atom. The van der Waals surface area contributed by atoms with Gasteiger partial charge in [0.1, 0.15) is 12.1 Å². The molecule has 3 aromatic rings. The third kappa shape index (κ3) is 4.32. The SMILES string of the molecule is Cc1ccc(-n2cnnc2SCCOc2cccc(C#N)c2)cc1Cl. The number of nitriles is 1. The number of halogens is 1. The summed E-state index contributed by atoms with van der Waals surface area (Å²) < 4.78 is 7.57. The predicted octanol–water partition coefficient (Wildman–Crippen LogP) is 4.27. The van der Waals surface area contributed by atoms with E-state index in [1.807, 2.05) is 35.8 Å². The molecule has 1 aromatic heterocycles. The van der Waals surface area contributed by atoms with E-state index in [0.717, 1.165) is 16.4 Å². The highest BCUT2D eigenvalue weighted by atomic mass is 35.5. The number of benzene rings is 2. The number of hydrogen-bond donors (Lipinski definition) is 0. The maximum Gasteiger partial charge on any atom is 0.195 e. The smallest absolute Gasteiger partial charge is 0.195 e. The molecular formula is C18H15ClN4OS. The van der Waals surface area contributed by atoms with E-state index in [-0.39, 0.29) is 0 Å². The van der Waals surface area contributed by atoms with Crippen molar-refractivity contribution in [3.05, 3.63) is 64.9 Å². The summed E-state index contributed by atoms with van der Waals surface area (Å²) in [6.07, 6.45) is 1.67. The van der Waals surface area contributed by atoms with Crippen molar-refractivity contribution in [2.45, 2.75) is 12.1 Å². The molecule has 0 amide bonds. The molecule has 0 fully saturated rings. The van der Waals surface area contributed by atoms with Gasteiger partial charge in [-0.15, -0.1) is 10.2 Å². The van der Waals surface area contributed by atoms with E-state index < -0.39 is 0 Å². The van der Waals surface area contributed by atoms with Crippen molar-refractivity contribution in [3.8, 4) is 17.5 Å². The van der Waals surface area contributed by atoms with E-state index >= 15 is 0 Å². The molecule has 3 rings (SSSR count). The largest absolute Gasteiger partial charge is 0.493 e. The molecule has 0 radical (unpaired) electrons. The fourth-order valence-electron chi connectivity index (χ4n) is 2.18. The van der Waals surface area contributed by atoms with Crippen LogP contribution in [0.3, 0.4) is 0 Å².